The maximum Gasteiger partial charge on any atom is 0.416 e. The lowest BCUT2D eigenvalue weighted by Crippen LogP contribution is -2.40. The summed E-state index contributed by atoms with van der Waals surface area (Å²) >= 11 is 0. The Balaban J connectivity index is 1.57. The predicted molar refractivity (Wildman–Crippen MR) is 120 cm³/mol. The summed E-state index contributed by atoms with van der Waals surface area (Å²) in [5, 5.41) is 2.44. The highest BCUT2D eigenvalue weighted by Crippen LogP contribution is 2.38. The molecule has 3 N–H and O–H groups in total. The molecule has 1 aromatic heterocycles. The number of amides is 4. The fourth-order valence-electron chi connectivity index (χ4n) is 4.48. The predicted octanol–water partition coefficient (Wildman–Crippen LogP) is 3.13. The smallest absolute Gasteiger partial charge is 0.368 e. The number of likely N-dealkylation sites (tertiary alicyclic amines) is 1. The van der Waals surface area contributed by atoms with Gasteiger partial charge in [0.05, 0.1) is 23.8 Å². The van der Waals surface area contributed by atoms with Gasteiger partial charge >= 0.3 is 12.2 Å². The topological polar surface area (TPSA) is 122 Å². The first-order valence-corrected chi connectivity index (χ1v) is 11.3. The molecule has 186 valence electrons. The van der Waals surface area contributed by atoms with E-state index in [1.54, 1.807) is 11.0 Å². The maximum atomic E-state index is 13.3. The molecule has 9 nitrogen and oxygen atoms in total. The monoisotopic (exact) mass is 490 g/mol. The summed E-state index contributed by atoms with van der Waals surface area (Å²) in [6.07, 6.45) is -0.563. The number of urea groups is 1. The van der Waals surface area contributed by atoms with Crippen LogP contribution in [0.1, 0.15) is 49.4 Å². The molecule has 0 radical (unpaired) electrons. The second-order valence-electron chi connectivity index (χ2n) is 8.51. The van der Waals surface area contributed by atoms with Crippen LogP contribution >= 0.6 is 0 Å². The largest absolute Gasteiger partial charge is 0.416 e. The van der Waals surface area contributed by atoms with Crippen molar-refractivity contribution in [2.75, 3.05) is 25.4 Å². The number of nitrogens with zero attached hydrogens (tertiary/aromatic N) is 4. The Labute approximate surface area is 199 Å². The number of anilines is 1. The summed E-state index contributed by atoms with van der Waals surface area (Å²) in [5.41, 5.74) is 6.10. The second-order valence-corrected chi connectivity index (χ2v) is 8.51. The highest BCUT2D eigenvalue weighted by Gasteiger charge is 2.34. The number of nitrogen functional groups attached to an aromatic ring is 1. The van der Waals surface area contributed by atoms with Gasteiger partial charge in [0.2, 0.25) is 17.8 Å². The van der Waals surface area contributed by atoms with Crippen LogP contribution in [0.25, 0.3) is 11.1 Å². The lowest BCUT2D eigenvalue weighted by molar-refractivity contribution is -0.137. The van der Waals surface area contributed by atoms with Crippen molar-refractivity contribution in [2.24, 2.45) is 0 Å². The van der Waals surface area contributed by atoms with Crippen molar-refractivity contribution < 1.29 is 27.6 Å². The number of carbonyl (C=O) groups is 3. The molecular formula is C23H25F3N6O3. The molecular weight excluding hydrogens is 465 g/mol. The fraction of sp³-hybridized carbons (Fsp3) is 0.435. The van der Waals surface area contributed by atoms with Crippen LogP contribution in [0.15, 0.2) is 30.5 Å². The number of carbonyl (C=O) groups excluding carboxylic acids is 3. The molecule has 2 fully saturated rings. The molecule has 1 aromatic carbocycles. The van der Waals surface area contributed by atoms with Crippen molar-refractivity contribution in [3.05, 3.63) is 41.7 Å². The number of aromatic nitrogens is 2. The summed E-state index contributed by atoms with van der Waals surface area (Å²) in [4.78, 5) is 47.6. The van der Waals surface area contributed by atoms with Crippen LogP contribution < -0.4 is 11.1 Å². The molecule has 0 bridgehead atoms. The molecule has 2 aromatic rings. The van der Waals surface area contributed by atoms with Gasteiger partial charge in [-0.05, 0) is 43.4 Å². The lowest BCUT2D eigenvalue weighted by atomic mass is 9.93. The van der Waals surface area contributed by atoms with Gasteiger partial charge in [-0.15, -0.1) is 0 Å². The van der Waals surface area contributed by atoms with Crippen molar-refractivity contribution in [2.45, 2.75) is 44.3 Å². The first-order chi connectivity index (χ1) is 16.6. The van der Waals surface area contributed by atoms with Crippen molar-refractivity contribution in [3.8, 4) is 11.1 Å². The van der Waals surface area contributed by atoms with E-state index in [1.807, 2.05) is 0 Å². The number of alkyl halides is 3. The van der Waals surface area contributed by atoms with E-state index in [9.17, 15) is 27.6 Å². The minimum Gasteiger partial charge on any atom is -0.368 e. The minimum absolute atomic E-state index is 0.0349. The molecule has 4 rings (SSSR count). The zero-order valence-corrected chi connectivity index (χ0v) is 18.8. The molecule has 0 spiro atoms. The summed E-state index contributed by atoms with van der Waals surface area (Å²) in [6.45, 7) is 0.540. The van der Waals surface area contributed by atoms with Crippen molar-refractivity contribution in [1.29, 1.82) is 0 Å². The number of halogens is 3. The van der Waals surface area contributed by atoms with E-state index in [2.05, 4.69) is 15.3 Å². The standard InChI is InChI=1S/C23H25F3N6O3/c24-23(25,26)15-6-3-5-14(11-15)16-12-28-21(27)30-20(16)17-7-1-2-9-31(17)18(33)8-4-10-32-19(34)13-29-22(32)35/h3,5-6,11-12,17H,1-2,4,7-10,13H2,(H,29,35)(H2,27,28,30)/t17-/m0/s1. The number of hydrogen-bond acceptors (Lipinski definition) is 6. The average molecular weight is 490 g/mol. The van der Waals surface area contributed by atoms with Gasteiger partial charge in [-0.1, -0.05) is 12.1 Å². The van der Waals surface area contributed by atoms with Gasteiger partial charge in [-0.25, -0.2) is 14.8 Å². The molecule has 1 atom stereocenters. The van der Waals surface area contributed by atoms with Gasteiger partial charge in [0.1, 0.15) is 0 Å². The maximum absolute atomic E-state index is 13.3. The first-order valence-electron chi connectivity index (χ1n) is 11.3. The Kier molecular flexibility index (Phi) is 6.90. The quantitative estimate of drug-likeness (QED) is 0.600. The van der Waals surface area contributed by atoms with E-state index >= 15 is 0 Å². The van der Waals surface area contributed by atoms with Gasteiger partial charge in [0, 0.05) is 31.3 Å². The molecule has 2 saturated heterocycles. The van der Waals surface area contributed by atoms with E-state index in [0.717, 1.165) is 29.9 Å². The summed E-state index contributed by atoms with van der Waals surface area (Å²) in [5.74, 6) is -0.554. The third-order valence-electron chi connectivity index (χ3n) is 6.19. The third kappa shape index (κ3) is 5.36. The van der Waals surface area contributed by atoms with Crippen LogP contribution in [0.4, 0.5) is 23.9 Å². The molecule has 12 heteroatoms. The van der Waals surface area contributed by atoms with E-state index < -0.39 is 23.8 Å². The summed E-state index contributed by atoms with van der Waals surface area (Å²) in [7, 11) is 0. The van der Waals surface area contributed by atoms with Crippen LogP contribution in [-0.4, -0.2) is 57.2 Å². The van der Waals surface area contributed by atoms with Gasteiger partial charge in [0.25, 0.3) is 0 Å². The van der Waals surface area contributed by atoms with Crippen LogP contribution in [-0.2, 0) is 15.8 Å². The molecule has 35 heavy (non-hydrogen) atoms. The Morgan fingerprint density at radius 2 is 2.03 bits per heavy atom. The Bertz CT molecular complexity index is 1120. The normalized spacial score (nSPS) is 18.7. The SMILES string of the molecule is Nc1ncc(-c2cccc(C(F)(F)F)c2)c([C@@H]2CCCCN2C(=O)CCCN2C(=O)CNC2=O)n1. The molecule has 0 aliphatic carbocycles. The van der Waals surface area contributed by atoms with E-state index in [1.165, 1.54) is 12.3 Å². The molecule has 2 aliphatic heterocycles. The number of rotatable bonds is 6. The molecule has 0 unspecified atom stereocenters. The highest BCUT2D eigenvalue weighted by atomic mass is 19.4. The number of benzene rings is 1. The second kappa shape index (κ2) is 9.88. The zero-order valence-electron chi connectivity index (χ0n) is 18.8. The van der Waals surface area contributed by atoms with Crippen molar-refractivity contribution >= 4 is 23.8 Å². The minimum atomic E-state index is -4.51. The Hall–Kier alpha value is -3.70. The average Bonchev–Trinajstić information content (AvgIpc) is 3.15. The van der Waals surface area contributed by atoms with E-state index in [4.69, 9.17) is 5.73 Å². The number of piperidine rings is 1. The molecule has 4 amide bonds. The third-order valence-corrected chi connectivity index (χ3v) is 6.19. The van der Waals surface area contributed by atoms with Gasteiger partial charge in [-0.2, -0.15) is 13.2 Å². The number of nitrogens with one attached hydrogen (secondary N) is 1. The van der Waals surface area contributed by atoms with Crippen LogP contribution in [0.3, 0.4) is 0 Å². The van der Waals surface area contributed by atoms with Crippen LogP contribution in [0.2, 0.25) is 0 Å². The number of hydrogen-bond donors (Lipinski definition) is 2. The summed E-state index contributed by atoms with van der Waals surface area (Å²) < 4.78 is 39.9. The zero-order chi connectivity index (χ0) is 25.2. The Morgan fingerprint density at radius 3 is 2.74 bits per heavy atom. The fourth-order valence-corrected chi connectivity index (χ4v) is 4.48. The van der Waals surface area contributed by atoms with Gasteiger partial charge in [0.15, 0.2) is 0 Å². The van der Waals surface area contributed by atoms with Crippen LogP contribution in [0.5, 0.6) is 0 Å². The van der Waals surface area contributed by atoms with E-state index in [0.29, 0.717) is 30.6 Å². The molecule has 2 aliphatic rings. The molecule has 3 heterocycles. The Morgan fingerprint density at radius 1 is 1.23 bits per heavy atom. The van der Waals surface area contributed by atoms with Crippen LogP contribution in [0, 0.1) is 0 Å². The number of nitrogens with two attached hydrogens (primary N) is 1. The number of imide groups is 1. The van der Waals surface area contributed by atoms with Crippen molar-refractivity contribution in [3.63, 3.8) is 0 Å². The van der Waals surface area contributed by atoms with E-state index in [-0.39, 0.29) is 42.8 Å². The summed E-state index contributed by atoms with van der Waals surface area (Å²) in [6, 6.07) is 3.93. The highest BCUT2D eigenvalue weighted by molar-refractivity contribution is 6.01. The van der Waals surface area contributed by atoms with Gasteiger partial charge < -0.3 is 16.0 Å². The first kappa shape index (κ1) is 24.4. The van der Waals surface area contributed by atoms with Gasteiger partial charge in [-0.3, -0.25) is 14.5 Å². The van der Waals surface area contributed by atoms with Crippen molar-refractivity contribution in [1.82, 2.24) is 25.1 Å². The molecule has 0 saturated carbocycles. The lowest BCUT2D eigenvalue weighted by Gasteiger charge is -2.36.